The van der Waals surface area contributed by atoms with Crippen LogP contribution in [0.15, 0.2) is 59.4 Å². The van der Waals surface area contributed by atoms with Gasteiger partial charge in [-0.2, -0.15) is 0 Å². The van der Waals surface area contributed by atoms with Gasteiger partial charge in [0.25, 0.3) is 11.5 Å². The molecule has 6 heteroatoms. The van der Waals surface area contributed by atoms with Crippen LogP contribution in [0.5, 0.6) is 5.75 Å². The van der Waals surface area contributed by atoms with E-state index in [2.05, 4.69) is 5.32 Å². The van der Waals surface area contributed by atoms with E-state index in [0.717, 1.165) is 0 Å². The van der Waals surface area contributed by atoms with E-state index in [1.165, 1.54) is 17.7 Å². The van der Waals surface area contributed by atoms with Crippen molar-refractivity contribution in [2.45, 2.75) is 6.54 Å². The number of para-hydroxylation sites is 1. The van der Waals surface area contributed by atoms with Gasteiger partial charge in [0.1, 0.15) is 12.0 Å². The van der Waals surface area contributed by atoms with Crippen LogP contribution in [0.2, 0.25) is 0 Å². The minimum Gasteiger partial charge on any atom is -0.497 e. The highest BCUT2D eigenvalue weighted by Crippen LogP contribution is 2.23. The summed E-state index contributed by atoms with van der Waals surface area (Å²) in [5.41, 5.74) is 0.920. The SMILES string of the molecule is COc1ccc2c(C(=O)Nc3ccccc3)cc(=O)n(CC=O)c2c1. The lowest BCUT2D eigenvalue weighted by Gasteiger charge is -2.13. The molecule has 0 unspecified atom stereocenters. The van der Waals surface area contributed by atoms with Crippen molar-refractivity contribution < 1.29 is 14.3 Å². The number of benzene rings is 2. The molecule has 1 N–H and O–H groups in total. The molecule has 0 aliphatic rings. The fourth-order valence-electron chi connectivity index (χ4n) is 2.66. The lowest BCUT2D eigenvalue weighted by Crippen LogP contribution is -2.24. The molecule has 0 bridgehead atoms. The predicted octanol–water partition coefficient (Wildman–Crippen LogP) is 2.46. The second-order valence-electron chi connectivity index (χ2n) is 5.38. The summed E-state index contributed by atoms with van der Waals surface area (Å²) < 4.78 is 6.50. The van der Waals surface area contributed by atoms with Gasteiger partial charge in [-0.05, 0) is 24.3 Å². The van der Waals surface area contributed by atoms with Crippen molar-refractivity contribution in [2.24, 2.45) is 0 Å². The standard InChI is InChI=1S/C19H16N2O4/c1-25-14-7-8-15-16(19(24)20-13-5-3-2-4-6-13)12-18(23)21(9-10-22)17(15)11-14/h2-8,10-12H,9H2,1H3,(H,20,24). The number of hydrogen-bond acceptors (Lipinski definition) is 4. The largest absolute Gasteiger partial charge is 0.497 e. The average Bonchev–Trinajstić information content (AvgIpc) is 2.64. The van der Waals surface area contributed by atoms with Crippen molar-refractivity contribution in [3.05, 3.63) is 70.5 Å². The molecule has 1 amide bonds. The summed E-state index contributed by atoms with van der Waals surface area (Å²) in [5, 5.41) is 3.34. The van der Waals surface area contributed by atoms with Crippen molar-refractivity contribution >= 4 is 28.8 Å². The summed E-state index contributed by atoms with van der Waals surface area (Å²) in [6, 6.07) is 15.3. The Kier molecular flexibility index (Phi) is 4.61. The second kappa shape index (κ2) is 7.00. The molecule has 2 aromatic carbocycles. The smallest absolute Gasteiger partial charge is 0.256 e. The molecule has 0 atom stereocenters. The molecule has 6 nitrogen and oxygen atoms in total. The van der Waals surface area contributed by atoms with Crippen molar-refractivity contribution in [1.29, 1.82) is 0 Å². The maximum Gasteiger partial charge on any atom is 0.256 e. The number of aromatic nitrogens is 1. The van der Waals surface area contributed by atoms with E-state index >= 15 is 0 Å². The molecule has 0 saturated heterocycles. The third-order valence-corrected chi connectivity index (χ3v) is 3.85. The Morgan fingerprint density at radius 2 is 1.92 bits per heavy atom. The molecule has 3 aromatic rings. The lowest BCUT2D eigenvalue weighted by atomic mass is 10.1. The highest BCUT2D eigenvalue weighted by atomic mass is 16.5. The molecule has 1 heterocycles. The molecule has 0 spiro atoms. The molecule has 25 heavy (non-hydrogen) atoms. The minimum absolute atomic E-state index is 0.0942. The number of methoxy groups -OCH3 is 1. The number of carbonyl (C=O) groups is 2. The molecule has 0 radical (unpaired) electrons. The van der Waals surface area contributed by atoms with Crippen LogP contribution in [0.3, 0.4) is 0 Å². The summed E-state index contributed by atoms with van der Waals surface area (Å²) in [6.07, 6.45) is 0.643. The molecular weight excluding hydrogens is 320 g/mol. The van der Waals surface area contributed by atoms with Gasteiger partial charge in [-0.15, -0.1) is 0 Å². The van der Waals surface area contributed by atoms with E-state index in [9.17, 15) is 14.4 Å². The van der Waals surface area contributed by atoms with Crippen molar-refractivity contribution in [2.75, 3.05) is 12.4 Å². The van der Waals surface area contributed by atoms with Gasteiger partial charge in [-0.1, -0.05) is 18.2 Å². The number of nitrogens with zero attached hydrogens (tertiary/aromatic N) is 1. The van der Waals surface area contributed by atoms with E-state index in [4.69, 9.17) is 4.74 Å². The Balaban J connectivity index is 2.15. The van der Waals surface area contributed by atoms with E-state index in [1.807, 2.05) is 6.07 Å². The third kappa shape index (κ3) is 3.28. The maximum absolute atomic E-state index is 12.6. The fraction of sp³-hybridized carbons (Fsp3) is 0.105. The van der Waals surface area contributed by atoms with E-state index in [0.29, 0.717) is 28.6 Å². The molecule has 3 rings (SSSR count). The lowest BCUT2D eigenvalue weighted by molar-refractivity contribution is -0.108. The number of hydrogen-bond donors (Lipinski definition) is 1. The number of ether oxygens (including phenoxy) is 1. The Bertz CT molecular complexity index is 993. The molecule has 0 saturated carbocycles. The van der Waals surface area contributed by atoms with Gasteiger partial charge in [-0.25, -0.2) is 0 Å². The van der Waals surface area contributed by atoms with Crippen LogP contribution in [0.25, 0.3) is 10.9 Å². The zero-order valence-electron chi connectivity index (χ0n) is 13.6. The molecular formula is C19H16N2O4. The Hall–Kier alpha value is -3.41. The number of pyridine rings is 1. The van der Waals surface area contributed by atoms with Crippen molar-refractivity contribution in [3.63, 3.8) is 0 Å². The summed E-state index contributed by atoms with van der Waals surface area (Å²) in [5.74, 6) is 0.142. The van der Waals surface area contributed by atoms with Gasteiger partial charge >= 0.3 is 0 Å². The van der Waals surface area contributed by atoms with Gasteiger partial charge in [0, 0.05) is 23.2 Å². The summed E-state index contributed by atoms with van der Waals surface area (Å²) >= 11 is 0. The van der Waals surface area contributed by atoms with Crippen molar-refractivity contribution in [3.8, 4) is 5.75 Å². The van der Waals surface area contributed by atoms with Crippen LogP contribution < -0.4 is 15.6 Å². The quantitative estimate of drug-likeness (QED) is 0.726. The summed E-state index contributed by atoms with van der Waals surface area (Å²) in [4.78, 5) is 35.9. The molecule has 0 aliphatic carbocycles. The van der Waals surface area contributed by atoms with Gasteiger partial charge < -0.3 is 19.4 Å². The van der Waals surface area contributed by atoms with E-state index in [-0.39, 0.29) is 12.1 Å². The topological polar surface area (TPSA) is 77.4 Å². The normalized spacial score (nSPS) is 10.4. The first-order valence-corrected chi connectivity index (χ1v) is 7.65. The molecule has 1 aromatic heterocycles. The number of amides is 1. The van der Waals surface area contributed by atoms with Crippen LogP contribution in [-0.2, 0) is 11.3 Å². The minimum atomic E-state index is -0.425. The zero-order chi connectivity index (χ0) is 17.8. The Labute approximate surface area is 143 Å². The monoisotopic (exact) mass is 336 g/mol. The number of fused-ring (bicyclic) bond motifs is 1. The van der Waals surface area contributed by atoms with Crippen LogP contribution in [0.1, 0.15) is 10.4 Å². The number of carbonyl (C=O) groups excluding carboxylic acids is 2. The van der Waals surface area contributed by atoms with Crippen LogP contribution >= 0.6 is 0 Å². The highest BCUT2D eigenvalue weighted by molar-refractivity contribution is 6.12. The van der Waals surface area contributed by atoms with Crippen LogP contribution in [0, 0.1) is 0 Å². The van der Waals surface area contributed by atoms with Gasteiger partial charge in [0.2, 0.25) is 0 Å². The van der Waals surface area contributed by atoms with Gasteiger partial charge in [0.05, 0.1) is 24.7 Å². The predicted molar refractivity (Wildman–Crippen MR) is 95.2 cm³/mol. The highest BCUT2D eigenvalue weighted by Gasteiger charge is 2.15. The first-order chi connectivity index (χ1) is 12.1. The fourth-order valence-corrected chi connectivity index (χ4v) is 2.66. The molecule has 0 aliphatic heterocycles. The molecule has 126 valence electrons. The Morgan fingerprint density at radius 1 is 1.16 bits per heavy atom. The van der Waals surface area contributed by atoms with Crippen LogP contribution in [-0.4, -0.2) is 23.9 Å². The third-order valence-electron chi connectivity index (χ3n) is 3.85. The number of anilines is 1. The Morgan fingerprint density at radius 3 is 2.60 bits per heavy atom. The van der Waals surface area contributed by atoms with E-state index in [1.54, 1.807) is 42.5 Å². The van der Waals surface area contributed by atoms with Gasteiger partial charge in [0.15, 0.2) is 0 Å². The second-order valence-corrected chi connectivity index (χ2v) is 5.38. The summed E-state index contributed by atoms with van der Waals surface area (Å²) in [7, 11) is 1.51. The number of aldehydes is 1. The van der Waals surface area contributed by atoms with E-state index < -0.39 is 11.5 Å². The van der Waals surface area contributed by atoms with Crippen LogP contribution in [0.4, 0.5) is 5.69 Å². The zero-order valence-corrected chi connectivity index (χ0v) is 13.6. The van der Waals surface area contributed by atoms with Crippen molar-refractivity contribution in [1.82, 2.24) is 4.57 Å². The average molecular weight is 336 g/mol. The number of rotatable bonds is 5. The number of nitrogens with one attached hydrogen (secondary N) is 1. The summed E-state index contributed by atoms with van der Waals surface area (Å²) in [6.45, 7) is -0.0942. The first-order valence-electron chi connectivity index (χ1n) is 7.65. The first kappa shape index (κ1) is 16.4. The van der Waals surface area contributed by atoms with Gasteiger partial charge in [-0.3, -0.25) is 9.59 Å². The maximum atomic E-state index is 12.6. The molecule has 0 fully saturated rings.